The molecule has 0 radical (unpaired) electrons. The molecule has 6 nitrogen and oxygen atoms in total. The third-order valence-corrected chi connectivity index (χ3v) is 4.08. The van der Waals surface area contributed by atoms with Gasteiger partial charge in [0, 0.05) is 31.8 Å². The minimum Gasteiger partial charge on any atom is -0.472 e. The fourth-order valence-electron chi connectivity index (χ4n) is 2.79. The van der Waals surface area contributed by atoms with E-state index in [1.807, 2.05) is 12.1 Å². The predicted molar refractivity (Wildman–Crippen MR) is 84.8 cm³/mol. The van der Waals surface area contributed by atoms with Crippen LogP contribution in [0.5, 0.6) is 5.88 Å². The van der Waals surface area contributed by atoms with Gasteiger partial charge in [-0.15, -0.1) is 0 Å². The predicted octanol–water partition coefficient (Wildman–Crippen LogP) is 1.55. The van der Waals surface area contributed by atoms with Gasteiger partial charge >= 0.3 is 0 Å². The van der Waals surface area contributed by atoms with Crippen LogP contribution >= 0.6 is 0 Å². The number of aromatic nitrogens is 1. The van der Waals surface area contributed by atoms with Crippen LogP contribution in [0.2, 0.25) is 0 Å². The molecular weight excluding hydrogens is 280 g/mol. The maximum atomic E-state index is 6.08. The number of nitrogens with two attached hydrogens (primary N) is 1. The molecule has 0 aromatic carbocycles. The van der Waals surface area contributed by atoms with E-state index >= 15 is 0 Å². The minimum absolute atomic E-state index is 0.115. The molecule has 0 amide bonds. The second-order valence-electron chi connectivity index (χ2n) is 5.83. The highest BCUT2D eigenvalue weighted by Crippen LogP contribution is 2.16. The summed E-state index contributed by atoms with van der Waals surface area (Å²) in [5.74, 6) is 1.28. The lowest BCUT2D eigenvalue weighted by Crippen LogP contribution is -2.40. The van der Waals surface area contributed by atoms with Crippen molar-refractivity contribution >= 4 is 5.96 Å². The average molecular weight is 304 g/mol. The van der Waals surface area contributed by atoms with Gasteiger partial charge in [-0.05, 0) is 30.9 Å². The number of likely N-dealkylation sites (tertiary alicyclic amines) is 1. The van der Waals surface area contributed by atoms with Crippen molar-refractivity contribution in [3.05, 3.63) is 23.9 Å². The smallest absolute Gasteiger partial charge is 0.213 e. The molecule has 22 heavy (non-hydrogen) atoms. The maximum absolute atomic E-state index is 6.08. The number of guanidine groups is 1. The highest BCUT2D eigenvalue weighted by Gasteiger charge is 2.17. The van der Waals surface area contributed by atoms with E-state index in [0.29, 0.717) is 25.0 Å². The van der Waals surface area contributed by atoms with E-state index in [9.17, 15) is 0 Å². The zero-order valence-electron chi connectivity index (χ0n) is 12.9. The molecule has 0 bridgehead atoms. The lowest BCUT2D eigenvalue weighted by molar-refractivity contribution is 0.138. The molecule has 3 rings (SSSR count). The van der Waals surface area contributed by atoms with Gasteiger partial charge in [0.25, 0.3) is 0 Å². The van der Waals surface area contributed by atoms with Gasteiger partial charge in [-0.25, -0.2) is 9.98 Å². The Morgan fingerprint density at radius 3 is 3.05 bits per heavy atom. The SMILES string of the molecule is NC(=NCc1ccnc(OC2CCOC2)c1)N1CCCCC1. The van der Waals surface area contributed by atoms with E-state index in [0.717, 1.165) is 31.7 Å². The van der Waals surface area contributed by atoms with Crippen LogP contribution in [0.4, 0.5) is 0 Å². The maximum Gasteiger partial charge on any atom is 0.213 e. The number of nitrogens with zero attached hydrogens (tertiary/aromatic N) is 3. The number of ether oxygens (including phenoxy) is 2. The van der Waals surface area contributed by atoms with Crippen LogP contribution in [0, 0.1) is 0 Å². The van der Waals surface area contributed by atoms with Crippen molar-refractivity contribution in [3.63, 3.8) is 0 Å². The molecule has 2 fully saturated rings. The van der Waals surface area contributed by atoms with Crippen LogP contribution in [0.25, 0.3) is 0 Å². The topological polar surface area (TPSA) is 73.0 Å². The van der Waals surface area contributed by atoms with Gasteiger partial charge in [-0.3, -0.25) is 0 Å². The van der Waals surface area contributed by atoms with Crippen molar-refractivity contribution in [1.29, 1.82) is 0 Å². The Morgan fingerprint density at radius 2 is 2.27 bits per heavy atom. The van der Waals surface area contributed by atoms with Crippen LogP contribution in [-0.2, 0) is 11.3 Å². The number of rotatable bonds is 4. The van der Waals surface area contributed by atoms with Crippen LogP contribution in [0.1, 0.15) is 31.2 Å². The lowest BCUT2D eigenvalue weighted by Gasteiger charge is -2.27. The number of aliphatic imine (C=N–C) groups is 1. The van der Waals surface area contributed by atoms with E-state index in [-0.39, 0.29) is 6.10 Å². The summed E-state index contributed by atoms with van der Waals surface area (Å²) in [4.78, 5) is 10.9. The Labute approximate surface area is 131 Å². The zero-order chi connectivity index (χ0) is 15.2. The van der Waals surface area contributed by atoms with Gasteiger partial charge in [-0.2, -0.15) is 0 Å². The molecule has 2 saturated heterocycles. The zero-order valence-corrected chi connectivity index (χ0v) is 12.9. The van der Waals surface area contributed by atoms with E-state index in [4.69, 9.17) is 15.2 Å². The molecule has 0 saturated carbocycles. The monoisotopic (exact) mass is 304 g/mol. The van der Waals surface area contributed by atoms with Crippen LogP contribution in [0.15, 0.2) is 23.3 Å². The number of piperidine rings is 1. The summed E-state index contributed by atoms with van der Waals surface area (Å²) in [5, 5.41) is 0. The fraction of sp³-hybridized carbons (Fsp3) is 0.625. The Balaban J connectivity index is 1.57. The molecule has 1 aromatic heterocycles. The molecule has 2 N–H and O–H groups in total. The van der Waals surface area contributed by atoms with Crippen molar-refractivity contribution in [1.82, 2.24) is 9.88 Å². The summed E-state index contributed by atoms with van der Waals surface area (Å²) >= 11 is 0. The van der Waals surface area contributed by atoms with Gasteiger partial charge in [0.05, 0.1) is 19.8 Å². The lowest BCUT2D eigenvalue weighted by atomic mass is 10.1. The minimum atomic E-state index is 0.115. The van der Waals surface area contributed by atoms with Gasteiger partial charge in [-0.1, -0.05) is 0 Å². The summed E-state index contributed by atoms with van der Waals surface area (Å²) in [5.41, 5.74) is 7.14. The summed E-state index contributed by atoms with van der Waals surface area (Å²) in [6, 6.07) is 3.89. The first-order valence-corrected chi connectivity index (χ1v) is 8.05. The molecule has 1 atom stereocenters. The second kappa shape index (κ2) is 7.45. The summed E-state index contributed by atoms with van der Waals surface area (Å²) in [6.45, 7) is 4.00. The van der Waals surface area contributed by atoms with E-state index in [2.05, 4.69) is 14.9 Å². The Bertz CT molecular complexity index is 509. The Morgan fingerprint density at radius 1 is 1.41 bits per heavy atom. The average Bonchev–Trinajstić information content (AvgIpc) is 3.07. The molecular formula is C16H24N4O2. The van der Waals surface area contributed by atoms with Gasteiger partial charge in [0.1, 0.15) is 6.10 Å². The Hall–Kier alpha value is -1.82. The van der Waals surface area contributed by atoms with Crippen LogP contribution < -0.4 is 10.5 Å². The molecule has 2 aliphatic rings. The highest BCUT2D eigenvalue weighted by atomic mass is 16.5. The van der Waals surface area contributed by atoms with E-state index < -0.39 is 0 Å². The van der Waals surface area contributed by atoms with Crippen molar-refractivity contribution < 1.29 is 9.47 Å². The Kier molecular flexibility index (Phi) is 5.11. The van der Waals surface area contributed by atoms with Crippen LogP contribution in [0.3, 0.4) is 0 Å². The third-order valence-electron chi connectivity index (χ3n) is 4.08. The molecule has 3 heterocycles. The largest absolute Gasteiger partial charge is 0.472 e. The van der Waals surface area contributed by atoms with Gasteiger partial charge < -0.3 is 20.1 Å². The van der Waals surface area contributed by atoms with Gasteiger partial charge in [0.15, 0.2) is 5.96 Å². The molecule has 1 aromatic rings. The van der Waals surface area contributed by atoms with Crippen LogP contribution in [-0.4, -0.2) is 48.3 Å². The van der Waals surface area contributed by atoms with E-state index in [1.165, 1.54) is 19.3 Å². The highest BCUT2D eigenvalue weighted by molar-refractivity contribution is 5.78. The third kappa shape index (κ3) is 4.10. The van der Waals surface area contributed by atoms with Crippen molar-refractivity contribution in [3.8, 4) is 5.88 Å². The van der Waals surface area contributed by atoms with Crippen molar-refractivity contribution in [2.24, 2.45) is 10.7 Å². The normalized spacial score (nSPS) is 22.8. The fourth-order valence-corrected chi connectivity index (χ4v) is 2.79. The molecule has 2 aliphatic heterocycles. The summed E-state index contributed by atoms with van der Waals surface area (Å²) in [7, 11) is 0. The molecule has 0 aliphatic carbocycles. The number of pyridine rings is 1. The summed E-state index contributed by atoms with van der Waals surface area (Å²) in [6.07, 6.45) is 6.49. The van der Waals surface area contributed by atoms with Gasteiger partial charge in [0.2, 0.25) is 5.88 Å². The number of hydrogen-bond donors (Lipinski definition) is 1. The van der Waals surface area contributed by atoms with Crippen molar-refractivity contribution in [2.45, 2.75) is 38.3 Å². The summed E-state index contributed by atoms with van der Waals surface area (Å²) < 4.78 is 11.1. The molecule has 0 spiro atoms. The number of hydrogen-bond acceptors (Lipinski definition) is 4. The molecule has 120 valence electrons. The first kappa shape index (κ1) is 15.1. The first-order valence-electron chi connectivity index (χ1n) is 8.05. The second-order valence-corrected chi connectivity index (χ2v) is 5.83. The van der Waals surface area contributed by atoms with Crippen molar-refractivity contribution in [2.75, 3.05) is 26.3 Å². The molecule has 6 heteroatoms. The van der Waals surface area contributed by atoms with E-state index in [1.54, 1.807) is 6.20 Å². The quantitative estimate of drug-likeness (QED) is 0.675. The molecule has 1 unspecified atom stereocenters. The first-order chi connectivity index (χ1) is 10.8. The standard InChI is InChI=1S/C16H24N4O2/c17-16(20-7-2-1-3-8-20)19-11-13-4-6-18-15(10-13)22-14-5-9-21-12-14/h4,6,10,14H,1-3,5,7-9,11-12H2,(H2,17,19).